The first kappa shape index (κ1) is 15.1. The van der Waals surface area contributed by atoms with Crippen molar-refractivity contribution < 1.29 is 9.66 Å². The fourth-order valence-electron chi connectivity index (χ4n) is 1.60. The molecule has 0 bridgehead atoms. The molecule has 0 aromatic heterocycles. The smallest absolute Gasteiger partial charge is 0.269 e. The van der Waals surface area contributed by atoms with Gasteiger partial charge in [-0.15, -0.1) is 0 Å². The highest BCUT2D eigenvalue weighted by Gasteiger charge is 2.06. The van der Waals surface area contributed by atoms with Crippen LogP contribution in [0.5, 0.6) is 0 Å². The second kappa shape index (κ2) is 7.44. The molecule has 21 heavy (non-hydrogen) atoms. The van der Waals surface area contributed by atoms with Crippen LogP contribution in [-0.4, -0.2) is 17.4 Å². The molecular formula is C15H14N2O3S. The lowest BCUT2D eigenvalue weighted by molar-refractivity contribution is -0.384. The number of ether oxygens (including phenoxy) is 1. The summed E-state index contributed by atoms with van der Waals surface area (Å²) in [6.45, 7) is 2.42. The topological polar surface area (TPSA) is 64.7 Å². The zero-order chi connectivity index (χ0) is 15.1. The molecule has 6 heteroatoms. The second-order valence-corrected chi connectivity index (χ2v) is 4.87. The van der Waals surface area contributed by atoms with Gasteiger partial charge in [-0.3, -0.25) is 10.1 Å². The molecule has 0 fully saturated rings. The molecule has 0 radical (unpaired) electrons. The van der Waals surface area contributed by atoms with E-state index in [0.717, 1.165) is 10.5 Å². The molecule has 0 atom stereocenters. The van der Waals surface area contributed by atoms with Crippen molar-refractivity contribution in [3.8, 4) is 0 Å². The van der Waals surface area contributed by atoms with Crippen molar-refractivity contribution in [2.75, 3.05) is 6.61 Å². The van der Waals surface area contributed by atoms with Crippen LogP contribution in [0.2, 0.25) is 0 Å². The Kier molecular flexibility index (Phi) is 5.34. The Morgan fingerprint density at radius 1 is 1.19 bits per heavy atom. The van der Waals surface area contributed by atoms with Crippen LogP contribution in [0.15, 0.2) is 63.9 Å². The summed E-state index contributed by atoms with van der Waals surface area (Å²) in [5.74, 6) is 0.543. The lowest BCUT2D eigenvalue weighted by Gasteiger charge is -2.06. The maximum atomic E-state index is 10.6. The SMILES string of the molecule is CCO/C(=N\Sc1ccc([N+](=O)[O-])cc1)c1ccccc1. The molecule has 2 rings (SSSR count). The summed E-state index contributed by atoms with van der Waals surface area (Å²) < 4.78 is 9.90. The van der Waals surface area contributed by atoms with E-state index in [2.05, 4.69) is 4.40 Å². The summed E-state index contributed by atoms with van der Waals surface area (Å²) >= 11 is 1.22. The zero-order valence-electron chi connectivity index (χ0n) is 11.4. The van der Waals surface area contributed by atoms with Crippen LogP contribution < -0.4 is 0 Å². The third-order valence-electron chi connectivity index (χ3n) is 2.58. The highest BCUT2D eigenvalue weighted by Crippen LogP contribution is 2.23. The van der Waals surface area contributed by atoms with Crippen LogP contribution in [0.4, 0.5) is 5.69 Å². The molecule has 0 aliphatic heterocycles. The number of hydrogen-bond acceptors (Lipinski definition) is 5. The van der Waals surface area contributed by atoms with E-state index in [-0.39, 0.29) is 5.69 Å². The highest BCUT2D eigenvalue weighted by atomic mass is 32.2. The fourth-order valence-corrected chi connectivity index (χ4v) is 2.21. The molecule has 0 amide bonds. The largest absolute Gasteiger partial charge is 0.477 e. The quantitative estimate of drug-likeness (QED) is 0.274. The van der Waals surface area contributed by atoms with Crippen LogP contribution in [0.25, 0.3) is 0 Å². The van der Waals surface area contributed by atoms with Crippen LogP contribution in [0.1, 0.15) is 12.5 Å². The van der Waals surface area contributed by atoms with E-state index >= 15 is 0 Å². The van der Waals surface area contributed by atoms with Crippen molar-refractivity contribution in [3.05, 3.63) is 70.3 Å². The summed E-state index contributed by atoms with van der Waals surface area (Å²) in [5.41, 5.74) is 0.963. The Morgan fingerprint density at radius 3 is 2.43 bits per heavy atom. The second-order valence-electron chi connectivity index (χ2n) is 4.04. The van der Waals surface area contributed by atoms with Gasteiger partial charge < -0.3 is 4.74 Å². The predicted octanol–water partition coefficient (Wildman–Crippen LogP) is 4.09. The molecular weight excluding hydrogens is 288 g/mol. The molecule has 0 unspecified atom stereocenters. The molecule has 0 saturated heterocycles. The van der Waals surface area contributed by atoms with Crippen molar-refractivity contribution in [2.24, 2.45) is 4.40 Å². The van der Waals surface area contributed by atoms with Crippen LogP contribution in [0.3, 0.4) is 0 Å². The third kappa shape index (κ3) is 4.32. The van der Waals surface area contributed by atoms with E-state index < -0.39 is 4.92 Å². The van der Waals surface area contributed by atoms with Crippen LogP contribution >= 0.6 is 11.9 Å². The van der Waals surface area contributed by atoms with Crippen molar-refractivity contribution in [2.45, 2.75) is 11.8 Å². The van der Waals surface area contributed by atoms with Gasteiger partial charge in [0.15, 0.2) is 0 Å². The van der Waals surface area contributed by atoms with E-state index in [9.17, 15) is 10.1 Å². The summed E-state index contributed by atoms with van der Waals surface area (Å²) in [6, 6.07) is 15.9. The normalized spacial score (nSPS) is 11.2. The summed E-state index contributed by atoms with van der Waals surface area (Å²) in [7, 11) is 0. The standard InChI is InChI=1S/C15H14N2O3S/c1-2-20-15(12-6-4-3-5-7-12)16-21-14-10-8-13(9-11-14)17(18)19/h3-11H,2H2,1H3/b16-15-. The van der Waals surface area contributed by atoms with Gasteiger partial charge in [-0.2, -0.15) is 4.40 Å². The van der Waals surface area contributed by atoms with Crippen LogP contribution in [-0.2, 0) is 4.74 Å². The minimum absolute atomic E-state index is 0.0661. The van der Waals surface area contributed by atoms with E-state index in [4.69, 9.17) is 4.74 Å². The number of hydrogen-bond donors (Lipinski definition) is 0. The molecule has 0 saturated carbocycles. The summed E-state index contributed by atoms with van der Waals surface area (Å²) in [5, 5.41) is 10.6. The van der Waals surface area contributed by atoms with Crippen molar-refractivity contribution in [3.63, 3.8) is 0 Å². The van der Waals surface area contributed by atoms with Crippen molar-refractivity contribution in [1.29, 1.82) is 0 Å². The summed E-state index contributed by atoms with van der Waals surface area (Å²) in [6.07, 6.45) is 0. The molecule has 0 aliphatic rings. The van der Waals surface area contributed by atoms with Crippen molar-refractivity contribution in [1.82, 2.24) is 0 Å². The third-order valence-corrected chi connectivity index (χ3v) is 3.32. The first-order chi connectivity index (χ1) is 10.2. The maximum Gasteiger partial charge on any atom is 0.269 e. The number of nitrogens with zero attached hydrogens (tertiary/aromatic N) is 2. The Hall–Kier alpha value is -2.34. The van der Waals surface area contributed by atoms with E-state index in [0.29, 0.717) is 12.5 Å². The first-order valence-electron chi connectivity index (χ1n) is 6.38. The molecule has 0 N–H and O–H groups in total. The van der Waals surface area contributed by atoms with Gasteiger partial charge in [0.25, 0.3) is 5.69 Å². The van der Waals surface area contributed by atoms with Gasteiger partial charge in [0.2, 0.25) is 5.90 Å². The Bertz CT molecular complexity index is 627. The van der Waals surface area contributed by atoms with Crippen molar-refractivity contribution >= 4 is 23.5 Å². The van der Waals surface area contributed by atoms with Gasteiger partial charge >= 0.3 is 0 Å². The zero-order valence-corrected chi connectivity index (χ0v) is 12.2. The maximum absolute atomic E-state index is 10.6. The fraction of sp³-hybridized carbons (Fsp3) is 0.133. The highest BCUT2D eigenvalue weighted by molar-refractivity contribution is 7.98. The van der Waals surface area contributed by atoms with Gasteiger partial charge in [-0.25, -0.2) is 0 Å². The molecule has 0 spiro atoms. The Labute approximate surface area is 127 Å². The molecule has 2 aromatic rings. The molecule has 108 valence electrons. The minimum Gasteiger partial charge on any atom is -0.477 e. The lowest BCUT2D eigenvalue weighted by atomic mass is 10.2. The molecule has 0 aliphatic carbocycles. The first-order valence-corrected chi connectivity index (χ1v) is 7.15. The number of non-ortho nitro benzene ring substituents is 1. The van der Waals surface area contributed by atoms with Gasteiger partial charge in [-0.1, -0.05) is 18.2 Å². The average molecular weight is 302 g/mol. The van der Waals surface area contributed by atoms with Gasteiger partial charge in [0.05, 0.1) is 11.5 Å². The van der Waals surface area contributed by atoms with E-state index in [1.807, 2.05) is 37.3 Å². The number of benzene rings is 2. The molecule has 2 aromatic carbocycles. The monoisotopic (exact) mass is 302 g/mol. The van der Waals surface area contributed by atoms with Crippen LogP contribution in [0, 0.1) is 10.1 Å². The molecule has 5 nitrogen and oxygen atoms in total. The number of nitro groups is 1. The lowest BCUT2D eigenvalue weighted by Crippen LogP contribution is -2.05. The minimum atomic E-state index is -0.423. The van der Waals surface area contributed by atoms with E-state index in [1.165, 1.54) is 24.1 Å². The van der Waals surface area contributed by atoms with Gasteiger partial charge in [0, 0.05) is 34.5 Å². The predicted molar refractivity (Wildman–Crippen MR) is 83.6 cm³/mol. The van der Waals surface area contributed by atoms with Gasteiger partial charge in [0.1, 0.15) is 0 Å². The Balaban J connectivity index is 2.14. The summed E-state index contributed by atoms with van der Waals surface area (Å²) in [4.78, 5) is 11.0. The number of nitro benzene ring substituents is 1. The molecule has 0 heterocycles. The Morgan fingerprint density at radius 2 is 1.86 bits per heavy atom. The van der Waals surface area contributed by atoms with Gasteiger partial charge in [-0.05, 0) is 31.2 Å². The average Bonchev–Trinajstić information content (AvgIpc) is 2.52. The van der Waals surface area contributed by atoms with E-state index in [1.54, 1.807) is 12.1 Å². The number of rotatable bonds is 5.